The van der Waals surface area contributed by atoms with Gasteiger partial charge in [0.1, 0.15) is 0 Å². The monoisotopic (exact) mass is 274 g/mol. The third kappa shape index (κ3) is 3.98. The zero-order valence-corrected chi connectivity index (χ0v) is 10.9. The molecule has 0 fully saturated rings. The molecule has 5 heteroatoms. The maximum Gasteiger partial charge on any atom is 0.416 e. The van der Waals surface area contributed by atoms with Crippen LogP contribution in [0.1, 0.15) is 43.7 Å². The Morgan fingerprint density at radius 1 is 1.37 bits per heavy atom. The maximum absolute atomic E-state index is 12.6. The Hall–Kier alpha value is -1.52. The predicted molar refractivity (Wildman–Crippen MR) is 65.9 cm³/mol. The van der Waals surface area contributed by atoms with Gasteiger partial charge in [0.15, 0.2) is 0 Å². The Labute approximate surface area is 110 Å². The molecule has 0 radical (unpaired) electrons. The fourth-order valence-corrected chi connectivity index (χ4v) is 2.24. The highest BCUT2D eigenvalue weighted by molar-refractivity contribution is 5.76. The summed E-state index contributed by atoms with van der Waals surface area (Å²) in [6.07, 6.45) is -3.00. The maximum atomic E-state index is 12.6. The Morgan fingerprint density at radius 2 is 2.00 bits per heavy atom. The van der Waals surface area contributed by atoms with Crippen molar-refractivity contribution >= 4 is 5.97 Å². The lowest BCUT2D eigenvalue weighted by atomic mass is 9.84. The van der Waals surface area contributed by atoms with Gasteiger partial charge in [-0.2, -0.15) is 13.2 Å². The van der Waals surface area contributed by atoms with Gasteiger partial charge in [0.25, 0.3) is 0 Å². The molecular formula is C14H17F3O2. The molecule has 2 unspecified atom stereocenters. The van der Waals surface area contributed by atoms with E-state index in [1.54, 1.807) is 6.92 Å². The normalized spacial score (nSPS) is 15.0. The lowest BCUT2D eigenvalue weighted by Gasteiger charge is -2.21. The smallest absolute Gasteiger partial charge is 0.416 e. The highest BCUT2D eigenvalue weighted by atomic mass is 19.4. The van der Waals surface area contributed by atoms with Crippen molar-refractivity contribution in [3.63, 3.8) is 0 Å². The zero-order chi connectivity index (χ0) is 14.6. The minimum Gasteiger partial charge on any atom is -0.481 e. The standard InChI is InChI=1S/C14H17F3O2/c1-3-5-9(2)12(13(18)19)10-6-4-7-11(8-10)14(15,16)17/h4,6-9,12H,3,5H2,1-2H3,(H,18,19). The van der Waals surface area contributed by atoms with Crippen LogP contribution >= 0.6 is 0 Å². The second-order valence-corrected chi connectivity index (χ2v) is 4.71. The topological polar surface area (TPSA) is 37.3 Å². The minimum absolute atomic E-state index is 0.203. The first-order valence-corrected chi connectivity index (χ1v) is 6.17. The zero-order valence-electron chi connectivity index (χ0n) is 10.9. The van der Waals surface area contributed by atoms with Crippen molar-refractivity contribution < 1.29 is 23.1 Å². The molecule has 1 aromatic carbocycles. The summed E-state index contributed by atoms with van der Waals surface area (Å²) in [6, 6.07) is 4.59. The average Bonchev–Trinajstić information content (AvgIpc) is 2.28. The number of hydrogen-bond acceptors (Lipinski definition) is 1. The molecule has 0 saturated carbocycles. The fourth-order valence-electron chi connectivity index (χ4n) is 2.24. The summed E-state index contributed by atoms with van der Waals surface area (Å²) in [5, 5.41) is 9.24. The molecule has 0 heterocycles. The van der Waals surface area contributed by atoms with Crippen molar-refractivity contribution in [2.75, 3.05) is 0 Å². The van der Waals surface area contributed by atoms with Crippen LogP contribution in [0, 0.1) is 5.92 Å². The number of aliphatic carboxylic acids is 1. The first kappa shape index (κ1) is 15.5. The SMILES string of the molecule is CCCC(C)C(C(=O)O)c1cccc(C(F)(F)F)c1. The minimum atomic E-state index is -4.45. The molecule has 0 aliphatic rings. The number of benzene rings is 1. The van der Waals surface area contributed by atoms with E-state index in [-0.39, 0.29) is 11.5 Å². The molecule has 2 nitrogen and oxygen atoms in total. The van der Waals surface area contributed by atoms with Crippen LogP contribution in [0.3, 0.4) is 0 Å². The Kier molecular flexibility index (Phi) is 4.97. The molecule has 0 aliphatic heterocycles. The van der Waals surface area contributed by atoms with Crippen LogP contribution < -0.4 is 0 Å². The van der Waals surface area contributed by atoms with Gasteiger partial charge < -0.3 is 5.11 Å². The molecular weight excluding hydrogens is 257 g/mol. The van der Waals surface area contributed by atoms with E-state index in [9.17, 15) is 23.1 Å². The van der Waals surface area contributed by atoms with Crippen LogP contribution in [0.2, 0.25) is 0 Å². The molecule has 0 bridgehead atoms. The van der Waals surface area contributed by atoms with E-state index in [2.05, 4.69) is 0 Å². The first-order valence-electron chi connectivity index (χ1n) is 6.17. The number of carboxylic acids is 1. The van der Waals surface area contributed by atoms with Gasteiger partial charge in [-0.1, -0.05) is 38.5 Å². The third-order valence-corrected chi connectivity index (χ3v) is 3.15. The molecule has 0 saturated heterocycles. The molecule has 0 aliphatic carbocycles. The molecule has 1 rings (SSSR count). The van der Waals surface area contributed by atoms with Gasteiger partial charge in [0, 0.05) is 0 Å². The van der Waals surface area contributed by atoms with Crippen molar-refractivity contribution in [1.29, 1.82) is 0 Å². The number of halogens is 3. The molecule has 0 amide bonds. The lowest BCUT2D eigenvalue weighted by Crippen LogP contribution is -2.20. The van der Waals surface area contributed by atoms with E-state index in [0.29, 0.717) is 6.42 Å². The van der Waals surface area contributed by atoms with Crippen molar-refractivity contribution in [3.8, 4) is 0 Å². The van der Waals surface area contributed by atoms with Gasteiger partial charge in [0.05, 0.1) is 11.5 Å². The summed E-state index contributed by atoms with van der Waals surface area (Å²) in [6.45, 7) is 3.67. The van der Waals surface area contributed by atoms with E-state index < -0.39 is 23.6 Å². The first-order chi connectivity index (χ1) is 8.77. The summed E-state index contributed by atoms with van der Waals surface area (Å²) in [5.74, 6) is -2.19. The van der Waals surface area contributed by atoms with Gasteiger partial charge >= 0.3 is 12.1 Å². The molecule has 1 aromatic rings. The van der Waals surface area contributed by atoms with Gasteiger partial charge in [0.2, 0.25) is 0 Å². The largest absolute Gasteiger partial charge is 0.481 e. The van der Waals surface area contributed by atoms with E-state index in [0.717, 1.165) is 18.6 Å². The van der Waals surface area contributed by atoms with Gasteiger partial charge in [-0.25, -0.2) is 0 Å². The Bertz CT molecular complexity index is 441. The van der Waals surface area contributed by atoms with Crippen LogP contribution in [0.5, 0.6) is 0 Å². The van der Waals surface area contributed by atoms with E-state index in [4.69, 9.17) is 0 Å². The van der Waals surface area contributed by atoms with Crippen LogP contribution in [-0.4, -0.2) is 11.1 Å². The number of carbonyl (C=O) groups is 1. The van der Waals surface area contributed by atoms with Gasteiger partial charge in [-0.05, 0) is 24.0 Å². The third-order valence-electron chi connectivity index (χ3n) is 3.15. The number of alkyl halides is 3. The number of rotatable bonds is 5. The molecule has 0 spiro atoms. The molecule has 0 aromatic heterocycles. The summed E-state index contributed by atoms with van der Waals surface area (Å²) < 4.78 is 37.9. The van der Waals surface area contributed by atoms with E-state index in [1.807, 2.05) is 6.92 Å². The van der Waals surface area contributed by atoms with Crippen molar-refractivity contribution in [2.45, 2.75) is 38.8 Å². The molecule has 1 N–H and O–H groups in total. The fraction of sp³-hybridized carbons (Fsp3) is 0.500. The highest BCUT2D eigenvalue weighted by Gasteiger charge is 2.33. The summed E-state index contributed by atoms with van der Waals surface area (Å²) in [4.78, 5) is 11.3. The molecule has 19 heavy (non-hydrogen) atoms. The van der Waals surface area contributed by atoms with Crippen LogP contribution in [0.4, 0.5) is 13.2 Å². The van der Waals surface area contributed by atoms with E-state index in [1.165, 1.54) is 12.1 Å². The van der Waals surface area contributed by atoms with Crippen LogP contribution in [-0.2, 0) is 11.0 Å². The summed E-state index contributed by atoms with van der Waals surface area (Å²) >= 11 is 0. The Balaban J connectivity index is 3.14. The van der Waals surface area contributed by atoms with Gasteiger partial charge in [-0.15, -0.1) is 0 Å². The number of carboxylic acid groups (broad SMARTS) is 1. The molecule has 2 atom stereocenters. The predicted octanol–water partition coefficient (Wildman–Crippen LogP) is 4.31. The molecule has 106 valence electrons. The Morgan fingerprint density at radius 3 is 2.47 bits per heavy atom. The van der Waals surface area contributed by atoms with Crippen molar-refractivity contribution in [3.05, 3.63) is 35.4 Å². The van der Waals surface area contributed by atoms with E-state index >= 15 is 0 Å². The second-order valence-electron chi connectivity index (χ2n) is 4.71. The number of hydrogen-bond donors (Lipinski definition) is 1. The summed E-state index contributed by atoms with van der Waals surface area (Å²) in [7, 11) is 0. The lowest BCUT2D eigenvalue weighted by molar-refractivity contribution is -0.141. The quantitative estimate of drug-likeness (QED) is 0.868. The van der Waals surface area contributed by atoms with Gasteiger partial charge in [-0.3, -0.25) is 4.79 Å². The van der Waals surface area contributed by atoms with Crippen LogP contribution in [0.25, 0.3) is 0 Å². The average molecular weight is 274 g/mol. The second kappa shape index (κ2) is 6.08. The van der Waals surface area contributed by atoms with Crippen LogP contribution in [0.15, 0.2) is 24.3 Å². The van der Waals surface area contributed by atoms with Crippen molar-refractivity contribution in [1.82, 2.24) is 0 Å². The summed E-state index contributed by atoms with van der Waals surface area (Å²) in [5.41, 5.74) is -0.594. The van der Waals surface area contributed by atoms with Crippen molar-refractivity contribution in [2.24, 2.45) is 5.92 Å². The highest BCUT2D eigenvalue weighted by Crippen LogP contribution is 2.34.